The molecule has 0 saturated carbocycles. The number of morpholine rings is 1. The molecule has 3 amide bonds. The second-order valence-corrected chi connectivity index (χ2v) is 18.8. The molecule has 3 aromatic carbocycles. The summed E-state index contributed by atoms with van der Waals surface area (Å²) < 4.78 is 18.8. The normalized spacial score (nSPS) is 19.1. The van der Waals surface area contributed by atoms with Gasteiger partial charge in [0, 0.05) is 35.5 Å². The molecule has 1 aliphatic heterocycles. The molecule has 7 rings (SSSR count). The highest BCUT2D eigenvalue weighted by atomic mass is 79.9. The average molecular weight is 936 g/mol. The summed E-state index contributed by atoms with van der Waals surface area (Å²) in [4.78, 5) is 60.6. The van der Waals surface area contributed by atoms with E-state index < -0.39 is 6.03 Å². The van der Waals surface area contributed by atoms with Crippen LogP contribution in [-0.2, 0) is 27.1 Å². The molecule has 1 saturated heterocycles. The minimum Gasteiger partial charge on any atom is -0.489 e. The van der Waals surface area contributed by atoms with Gasteiger partial charge in [0.2, 0.25) is 5.91 Å². The maximum absolute atomic E-state index is 13.4. The molecule has 13 nitrogen and oxygen atoms in total. The highest BCUT2D eigenvalue weighted by Crippen LogP contribution is 2.53. The van der Waals surface area contributed by atoms with Gasteiger partial charge < -0.3 is 24.4 Å². The topological polar surface area (TPSA) is 161 Å². The molecule has 338 valence electrons. The van der Waals surface area contributed by atoms with E-state index in [-0.39, 0.29) is 36.2 Å². The predicted octanol–water partition coefficient (Wildman–Crippen LogP) is 10.5. The molecule has 4 atom stereocenters. The first-order valence-electron chi connectivity index (χ1n) is 22.4. The number of nitroso groups, excluding NO2 is 1. The number of ether oxygens (including phenoxy) is 3. The first-order valence-corrected chi connectivity index (χ1v) is 23.2. The van der Waals surface area contributed by atoms with Gasteiger partial charge >= 0.3 is 6.03 Å². The van der Waals surface area contributed by atoms with Crippen LogP contribution in [0.4, 0.5) is 22.0 Å². The number of fused-ring (bicyclic) bond motifs is 3. The van der Waals surface area contributed by atoms with Gasteiger partial charge in [-0.25, -0.2) is 9.78 Å². The quantitative estimate of drug-likeness (QED) is 0.0403. The number of nitrogens with one attached hydrogen (secondary N) is 2. The maximum Gasteiger partial charge on any atom is 0.325 e. The standard InChI is InChI=1S/C50H59BrN6O7/c1-32-24-46(44(27-43(32)51)54-49(60)55-47-29-52-33(2)28-53-47)64-31-38-30-57(20-23-63-38)48(59)18-22-62-21-6-5-8-34-11-13-35(14-12-34)45(58)17-19-50(3,4)42-25-36-15-16-37(56-61)26-41(36)39-9-7-10-40(39)42/h7,9,11-16,24,26-29,38-40,42H,5-6,8,10,17-23,25,30-31H2,1-4H3,(H2,53,54,55,60)/t38-,39?,40?,42?/m0/s1. The molecule has 1 aromatic heterocycles. The van der Waals surface area contributed by atoms with E-state index in [4.69, 9.17) is 14.2 Å². The van der Waals surface area contributed by atoms with E-state index in [1.54, 1.807) is 17.2 Å². The number of nitrogens with zero attached hydrogens (tertiary/aromatic N) is 4. The van der Waals surface area contributed by atoms with Crippen molar-refractivity contribution in [3.8, 4) is 5.75 Å². The lowest BCUT2D eigenvalue weighted by Crippen LogP contribution is -2.47. The summed E-state index contributed by atoms with van der Waals surface area (Å²) in [5.74, 6) is 2.20. The zero-order valence-corrected chi connectivity index (χ0v) is 38.8. The largest absolute Gasteiger partial charge is 0.489 e. The number of carbonyl (C=O) groups is 3. The Morgan fingerprint density at radius 1 is 0.984 bits per heavy atom. The molecule has 64 heavy (non-hydrogen) atoms. The Hall–Kier alpha value is -5.31. The summed E-state index contributed by atoms with van der Waals surface area (Å²) in [6, 6.07) is 17.0. The SMILES string of the molecule is Cc1cnc(NC(=O)Nc2cc(Br)c(C)cc2OC[C@@H]2CN(C(=O)CCOCCCCc3ccc(C(=O)CCC(C)(C)C4Cc5ccc(N=O)cc5C5C=CCC54)cc3)CCO2)cn1. The third-order valence-corrected chi connectivity index (χ3v) is 13.8. The molecule has 14 heteroatoms. The van der Waals surface area contributed by atoms with E-state index in [2.05, 4.69) is 85.9 Å². The van der Waals surface area contributed by atoms with E-state index in [1.807, 2.05) is 44.2 Å². The number of rotatable bonds is 19. The monoisotopic (exact) mass is 934 g/mol. The fraction of sp³-hybridized carbons (Fsp3) is 0.460. The van der Waals surface area contributed by atoms with E-state index in [0.29, 0.717) is 80.0 Å². The van der Waals surface area contributed by atoms with Crippen LogP contribution in [0.5, 0.6) is 5.75 Å². The van der Waals surface area contributed by atoms with Crippen molar-refractivity contribution in [2.24, 2.45) is 22.4 Å². The maximum atomic E-state index is 13.4. The van der Waals surface area contributed by atoms with Crippen molar-refractivity contribution in [3.63, 3.8) is 0 Å². The van der Waals surface area contributed by atoms with E-state index in [1.165, 1.54) is 22.9 Å². The molecular formula is C50H59BrN6O7. The molecule has 2 aliphatic carbocycles. The smallest absolute Gasteiger partial charge is 0.325 e. The van der Waals surface area contributed by atoms with Crippen LogP contribution >= 0.6 is 15.9 Å². The Labute approximate surface area is 384 Å². The van der Waals surface area contributed by atoms with Crippen LogP contribution in [0, 0.1) is 36.0 Å². The number of unbranched alkanes of at least 4 members (excludes halogenated alkanes) is 1. The minimum atomic E-state index is -0.490. The second-order valence-electron chi connectivity index (χ2n) is 17.9. The number of ketones is 1. The number of allylic oxidation sites excluding steroid dienone is 2. The van der Waals surface area contributed by atoms with Crippen molar-refractivity contribution in [2.45, 2.75) is 91.1 Å². The zero-order chi connectivity index (χ0) is 45.2. The fourth-order valence-electron chi connectivity index (χ4n) is 9.20. The Bertz CT molecular complexity index is 2320. The summed E-state index contributed by atoms with van der Waals surface area (Å²) in [7, 11) is 0. The van der Waals surface area contributed by atoms with Gasteiger partial charge in [-0.1, -0.05) is 72.3 Å². The Balaban J connectivity index is 0.778. The number of Topliss-reactive ketones (excluding diaryl/α,β-unsaturated/α-hetero) is 1. The number of hydrogen-bond donors (Lipinski definition) is 2. The first kappa shape index (κ1) is 46.7. The Kier molecular flexibility index (Phi) is 15.7. The van der Waals surface area contributed by atoms with Crippen LogP contribution in [0.2, 0.25) is 0 Å². The number of hydrogen-bond acceptors (Lipinski definition) is 10. The summed E-state index contributed by atoms with van der Waals surface area (Å²) in [6.07, 6.45) is 13.6. The number of urea groups is 1. The molecular weight excluding hydrogens is 876 g/mol. The van der Waals surface area contributed by atoms with Crippen LogP contribution in [0.3, 0.4) is 0 Å². The lowest BCUT2D eigenvalue weighted by molar-refractivity contribution is -0.141. The molecule has 1 fully saturated rings. The van der Waals surface area contributed by atoms with Crippen LogP contribution in [0.25, 0.3) is 0 Å². The van der Waals surface area contributed by atoms with Crippen LogP contribution < -0.4 is 15.4 Å². The third-order valence-electron chi connectivity index (χ3n) is 13.0. The van der Waals surface area contributed by atoms with Gasteiger partial charge in [0.15, 0.2) is 11.6 Å². The summed E-state index contributed by atoms with van der Waals surface area (Å²) in [6.45, 7) is 10.8. The van der Waals surface area contributed by atoms with Crippen molar-refractivity contribution in [1.82, 2.24) is 14.9 Å². The van der Waals surface area contributed by atoms with Gasteiger partial charge in [-0.2, -0.15) is 0 Å². The lowest BCUT2D eigenvalue weighted by atomic mass is 9.59. The lowest BCUT2D eigenvalue weighted by Gasteiger charge is -2.45. The van der Waals surface area contributed by atoms with Gasteiger partial charge in [0.05, 0.1) is 50.0 Å². The number of anilines is 2. The van der Waals surface area contributed by atoms with E-state index in [0.717, 1.165) is 59.8 Å². The van der Waals surface area contributed by atoms with Crippen molar-refractivity contribution >= 4 is 50.8 Å². The molecule has 4 aromatic rings. The number of halogens is 1. The van der Waals surface area contributed by atoms with E-state index in [9.17, 15) is 19.3 Å². The average Bonchev–Trinajstić information content (AvgIpc) is 3.80. The molecule has 0 radical (unpaired) electrons. The molecule has 0 spiro atoms. The molecule has 3 unspecified atom stereocenters. The van der Waals surface area contributed by atoms with Gasteiger partial charge in [-0.05, 0) is 121 Å². The number of aryl methyl sites for hydroxylation is 3. The van der Waals surface area contributed by atoms with Gasteiger partial charge in [0.25, 0.3) is 0 Å². The van der Waals surface area contributed by atoms with Gasteiger partial charge in [-0.3, -0.25) is 19.9 Å². The van der Waals surface area contributed by atoms with Crippen molar-refractivity contribution in [1.29, 1.82) is 0 Å². The summed E-state index contributed by atoms with van der Waals surface area (Å²) in [5.41, 5.74) is 7.08. The highest BCUT2D eigenvalue weighted by molar-refractivity contribution is 9.10. The molecule has 3 aliphatic rings. The Morgan fingerprint density at radius 3 is 2.59 bits per heavy atom. The third kappa shape index (κ3) is 12.1. The van der Waals surface area contributed by atoms with Crippen LogP contribution in [0.15, 0.2) is 88.8 Å². The van der Waals surface area contributed by atoms with Crippen LogP contribution in [0.1, 0.15) is 96.6 Å². The van der Waals surface area contributed by atoms with Gasteiger partial charge in [0.1, 0.15) is 24.1 Å². The number of aromatic nitrogens is 2. The summed E-state index contributed by atoms with van der Waals surface area (Å²) in [5, 5.41) is 8.67. The number of carbonyl (C=O) groups excluding carboxylic acids is 3. The van der Waals surface area contributed by atoms with E-state index >= 15 is 0 Å². The predicted molar refractivity (Wildman–Crippen MR) is 251 cm³/mol. The number of benzene rings is 3. The minimum absolute atomic E-state index is 0.0109. The van der Waals surface area contributed by atoms with Crippen LogP contribution in [-0.4, -0.2) is 78.2 Å². The summed E-state index contributed by atoms with van der Waals surface area (Å²) >= 11 is 3.53. The van der Waals surface area contributed by atoms with Crippen molar-refractivity contribution < 1.29 is 28.6 Å². The van der Waals surface area contributed by atoms with Crippen molar-refractivity contribution in [3.05, 3.63) is 122 Å². The van der Waals surface area contributed by atoms with Crippen molar-refractivity contribution in [2.75, 3.05) is 50.2 Å². The second kappa shape index (κ2) is 21.6. The molecule has 2 heterocycles. The van der Waals surface area contributed by atoms with Gasteiger partial charge in [-0.15, -0.1) is 4.91 Å². The number of amides is 3. The zero-order valence-electron chi connectivity index (χ0n) is 37.2. The molecule has 2 N–H and O–H groups in total. The fourth-order valence-corrected chi connectivity index (χ4v) is 9.55. The first-order chi connectivity index (χ1) is 30.9. The Morgan fingerprint density at radius 2 is 1.81 bits per heavy atom. The highest BCUT2D eigenvalue weighted by Gasteiger charge is 2.44. The molecule has 0 bridgehead atoms.